The second-order valence-electron chi connectivity index (χ2n) is 20.7. The van der Waals surface area contributed by atoms with Crippen LogP contribution in [-0.2, 0) is 10.8 Å². The van der Waals surface area contributed by atoms with Gasteiger partial charge in [0.1, 0.15) is 0 Å². The maximum atomic E-state index is 7.23. The van der Waals surface area contributed by atoms with Crippen LogP contribution in [-0.4, -0.2) is 11.3 Å². The Kier molecular flexibility index (Phi) is 8.09. The molecule has 0 spiro atoms. The fourth-order valence-corrected chi connectivity index (χ4v) is 11.6. The monoisotopic (exact) mass is 847 g/mol. The Morgan fingerprint density at radius 1 is 0.455 bits per heavy atom. The van der Waals surface area contributed by atoms with E-state index in [1.54, 1.807) is 0 Å². The number of para-hydroxylation sites is 1. The smallest absolute Gasteiger partial charge is 0.333 e. The van der Waals surface area contributed by atoms with E-state index in [1.165, 1.54) is 115 Å². The van der Waals surface area contributed by atoms with Crippen molar-refractivity contribution < 1.29 is 0 Å². The average Bonchev–Trinajstić information content (AvgIpc) is 3.67. The van der Waals surface area contributed by atoms with Crippen LogP contribution in [0.3, 0.4) is 0 Å². The fraction of sp³-hybridized carbons (Fsp3) is 0.129. The van der Waals surface area contributed by atoms with Gasteiger partial charge in [-0.05, 0) is 135 Å². The molecule has 0 saturated carbocycles. The van der Waals surface area contributed by atoms with E-state index in [4.69, 9.17) is 5.73 Å². The van der Waals surface area contributed by atoms with Gasteiger partial charge in [0.15, 0.2) is 0 Å². The van der Waals surface area contributed by atoms with Crippen molar-refractivity contribution in [1.29, 1.82) is 0 Å². The Morgan fingerprint density at radius 2 is 1.00 bits per heavy atom. The topological polar surface area (TPSA) is 34.2 Å². The Hall–Kier alpha value is -7.56. The zero-order valence-electron chi connectivity index (χ0n) is 38.4. The van der Waals surface area contributed by atoms with Crippen LogP contribution in [0.15, 0.2) is 182 Å². The summed E-state index contributed by atoms with van der Waals surface area (Å²) in [5, 5.41) is 10.0. The van der Waals surface area contributed by atoms with Crippen LogP contribution in [0, 0.1) is 0 Å². The van der Waals surface area contributed by atoms with Crippen molar-refractivity contribution in [1.82, 2.24) is 4.48 Å². The number of hydrogen-bond donors (Lipinski definition) is 1. The largest absolute Gasteiger partial charge is 0.399 e. The molecule has 3 nitrogen and oxygen atoms in total. The van der Waals surface area contributed by atoms with E-state index in [-0.39, 0.29) is 17.7 Å². The van der Waals surface area contributed by atoms with Crippen molar-refractivity contribution >= 4 is 94.6 Å². The molecular formula is C62H50BN3. The predicted octanol–water partition coefficient (Wildman–Crippen LogP) is 15.2. The van der Waals surface area contributed by atoms with E-state index in [0.29, 0.717) is 0 Å². The van der Waals surface area contributed by atoms with Crippen LogP contribution in [0.25, 0.3) is 87.5 Å². The maximum absolute atomic E-state index is 7.23. The van der Waals surface area contributed by atoms with Gasteiger partial charge in [-0.2, -0.15) is 0 Å². The molecular weight excluding hydrogens is 798 g/mol. The van der Waals surface area contributed by atoms with Gasteiger partial charge in [-0.3, -0.25) is 0 Å². The minimum atomic E-state index is -0.148. The molecule has 3 heterocycles. The SMILES string of the molecule is CC(C)(C)c1cc(N2c3cc4c(-c5ccccc5)c5ccccc5c(-c5ccccc5)c4cc3B3c4c(cc(N)cc42)-c2cc4ccccc4c4c5ccccc5n3c24)cc(C(C)(C)C)c1. The lowest BCUT2D eigenvalue weighted by molar-refractivity contribution is 0.569. The molecule has 0 radical (unpaired) electrons. The number of nitrogens with zero attached hydrogens (tertiary/aromatic N) is 2. The minimum Gasteiger partial charge on any atom is -0.399 e. The highest BCUT2D eigenvalue weighted by Crippen LogP contribution is 2.51. The minimum absolute atomic E-state index is 0.0880. The van der Waals surface area contributed by atoms with Crippen LogP contribution in [0.5, 0.6) is 0 Å². The number of hydrogen-bond acceptors (Lipinski definition) is 2. The summed E-state index contributed by atoms with van der Waals surface area (Å²) in [6, 6.07) is 68.4. The molecule has 0 bridgehead atoms. The van der Waals surface area contributed by atoms with E-state index in [0.717, 1.165) is 17.1 Å². The number of nitrogen functional groups attached to an aromatic ring is 1. The summed E-state index contributed by atoms with van der Waals surface area (Å²) in [7, 11) is 0. The number of benzene rings is 10. The lowest BCUT2D eigenvalue weighted by Crippen LogP contribution is -2.56. The lowest BCUT2D eigenvalue weighted by atomic mass is 9.45. The molecule has 10 aromatic carbocycles. The molecule has 2 aliphatic heterocycles. The van der Waals surface area contributed by atoms with Crippen LogP contribution < -0.4 is 21.6 Å². The molecule has 0 saturated heterocycles. The Morgan fingerprint density at radius 3 is 1.62 bits per heavy atom. The molecule has 2 aliphatic rings. The highest BCUT2D eigenvalue weighted by molar-refractivity contribution is 6.90. The van der Waals surface area contributed by atoms with Crippen LogP contribution >= 0.6 is 0 Å². The average molecular weight is 848 g/mol. The molecule has 13 rings (SSSR count). The number of anilines is 4. The third-order valence-electron chi connectivity index (χ3n) is 14.7. The van der Waals surface area contributed by atoms with E-state index < -0.39 is 0 Å². The number of fused-ring (bicyclic) bond motifs is 11. The highest BCUT2D eigenvalue weighted by atomic mass is 15.2. The highest BCUT2D eigenvalue weighted by Gasteiger charge is 2.44. The molecule has 4 heteroatoms. The van der Waals surface area contributed by atoms with Gasteiger partial charge in [-0.25, -0.2) is 0 Å². The normalized spacial score (nSPS) is 13.3. The van der Waals surface area contributed by atoms with Gasteiger partial charge in [0.25, 0.3) is 0 Å². The van der Waals surface area contributed by atoms with Crippen molar-refractivity contribution in [3.8, 4) is 33.4 Å². The summed E-state index contributed by atoms with van der Waals surface area (Å²) >= 11 is 0. The zero-order chi connectivity index (χ0) is 44.8. The van der Waals surface area contributed by atoms with Crippen LogP contribution in [0.1, 0.15) is 52.7 Å². The summed E-state index contributed by atoms with van der Waals surface area (Å²) in [5.74, 6) is 0. The molecule has 0 fully saturated rings. The quantitative estimate of drug-likeness (QED) is 0.109. The van der Waals surface area contributed by atoms with Crippen molar-refractivity contribution in [2.45, 2.75) is 52.4 Å². The molecule has 1 aromatic heterocycles. The first-order chi connectivity index (χ1) is 31.9. The fourth-order valence-electron chi connectivity index (χ4n) is 11.6. The first kappa shape index (κ1) is 38.9. The van der Waals surface area contributed by atoms with E-state index in [1.807, 2.05) is 0 Å². The third kappa shape index (κ3) is 5.51. The van der Waals surface area contributed by atoms with Crippen LogP contribution in [0.2, 0.25) is 0 Å². The summed E-state index contributed by atoms with van der Waals surface area (Å²) in [5.41, 5.74) is 26.3. The third-order valence-corrected chi connectivity index (χ3v) is 14.7. The molecule has 0 unspecified atom stereocenters. The molecule has 66 heavy (non-hydrogen) atoms. The zero-order valence-corrected chi connectivity index (χ0v) is 38.4. The second kappa shape index (κ2) is 13.7. The first-order valence-corrected chi connectivity index (χ1v) is 23.4. The van der Waals surface area contributed by atoms with Gasteiger partial charge in [-0.15, -0.1) is 0 Å². The summed E-state index contributed by atoms with van der Waals surface area (Å²) in [6.07, 6.45) is 0. The molecule has 0 atom stereocenters. The lowest BCUT2D eigenvalue weighted by Gasteiger charge is -2.42. The summed E-state index contributed by atoms with van der Waals surface area (Å²) < 4.78 is 2.68. The summed E-state index contributed by atoms with van der Waals surface area (Å²) in [6.45, 7) is 13.9. The number of aromatic nitrogens is 1. The van der Waals surface area contributed by atoms with Crippen molar-refractivity contribution in [3.63, 3.8) is 0 Å². The number of nitrogens with two attached hydrogens (primary N) is 1. The Labute approximate surface area is 386 Å². The van der Waals surface area contributed by atoms with Gasteiger partial charge >= 0.3 is 6.85 Å². The maximum Gasteiger partial charge on any atom is 0.333 e. The number of rotatable bonds is 3. The molecule has 2 N–H and O–H groups in total. The Bertz CT molecular complexity index is 3820. The van der Waals surface area contributed by atoms with Crippen molar-refractivity contribution in [2.75, 3.05) is 10.6 Å². The van der Waals surface area contributed by atoms with Gasteiger partial charge < -0.3 is 15.1 Å². The van der Waals surface area contributed by atoms with Crippen molar-refractivity contribution in [2.24, 2.45) is 0 Å². The first-order valence-electron chi connectivity index (χ1n) is 23.4. The second-order valence-corrected chi connectivity index (χ2v) is 20.7. The predicted molar refractivity (Wildman–Crippen MR) is 285 cm³/mol. The van der Waals surface area contributed by atoms with Crippen LogP contribution in [0.4, 0.5) is 22.7 Å². The molecule has 316 valence electrons. The van der Waals surface area contributed by atoms with Gasteiger partial charge in [0.05, 0.1) is 0 Å². The molecule has 0 aliphatic carbocycles. The summed E-state index contributed by atoms with van der Waals surface area (Å²) in [4.78, 5) is 2.58. The standard InChI is InChI=1S/C62H50BN3/c1-61(2,3)40-30-41(62(4,5)6)32-43(31-40)65-54-36-49-48(56(37-19-9-7-10-20-37)45-25-15-16-26-46(45)57(49)38-21-11-8-12-22-38)35-52(54)63-59-50(33-42(64)34-55(59)65)51-29-39-23-13-14-24-44(39)58-47-27-17-18-28-53(47)66(63)60(51)58/h7-36H,64H2,1-6H3. The van der Waals surface area contributed by atoms with Crippen molar-refractivity contribution in [3.05, 3.63) is 193 Å². The Balaban J connectivity index is 1.27. The molecule has 11 aromatic rings. The van der Waals surface area contributed by atoms with Gasteiger partial charge in [-0.1, -0.05) is 181 Å². The van der Waals surface area contributed by atoms with Gasteiger partial charge in [0.2, 0.25) is 0 Å². The molecule has 0 amide bonds. The van der Waals surface area contributed by atoms with E-state index in [2.05, 4.69) is 233 Å². The van der Waals surface area contributed by atoms with E-state index in [9.17, 15) is 0 Å². The van der Waals surface area contributed by atoms with Gasteiger partial charge in [0, 0.05) is 50.1 Å². The van der Waals surface area contributed by atoms with E-state index >= 15 is 0 Å².